The number of carbonyl (C=O) groups is 1. The molecule has 6 heteroatoms. The molecule has 1 atom stereocenters. The molecule has 0 aliphatic carbocycles. The molecule has 15 heavy (non-hydrogen) atoms. The highest BCUT2D eigenvalue weighted by molar-refractivity contribution is 9.18. The minimum atomic E-state index is -0.821. The Balaban J connectivity index is 1.81. The normalized spacial score (nSPS) is 27.4. The van der Waals surface area contributed by atoms with Crippen LogP contribution in [-0.4, -0.2) is 39.9 Å². The molecule has 0 saturated carbocycles. The lowest BCUT2D eigenvalue weighted by molar-refractivity contribution is 0.0152. The van der Waals surface area contributed by atoms with Gasteiger partial charge in [-0.3, -0.25) is 0 Å². The number of hydrogen-bond donors (Lipinski definition) is 1. The highest BCUT2D eigenvalue weighted by atomic mass is 79.9. The third-order valence-electron chi connectivity index (χ3n) is 2.99. The van der Waals surface area contributed by atoms with Gasteiger partial charge in [0, 0.05) is 25.4 Å². The van der Waals surface area contributed by atoms with E-state index in [1.807, 2.05) is 0 Å². The van der Waals surface area contributed by atoms with E-state index in [0.717, 1.165) is 23.9 Å². The van der Waals surface area contributed by atoms with Crippen molar-refractivity contribution in [3.63, 3.8) is 0 Å². The number of halogens is 1. The third-order valence-corrected chi connectivity index (χ3v) is 3.46. The fourth-order valence-electron chi connectivity index (χ4n) is 2.08. The summed E-state index contributed by atoms with van der Waals surface area (Å²) in [5, 5.41) is 12.6. The van der Waals surface area contributed by atoms with Crippen LogP contribution in [0.2, 0.25) is 0 Å². The second-order valence-electron chi connectivity index (χ2n) is 3.92. The van der Waals surface area contributed by atoms with Gasteiger partial charge in [-0.15, -0.1) is 0 Å². The molecule has 0 radical (unpaired) electrons. The predicted octanol–water partition coefficient (Wildman–Crippen LogP) is 1.87. The lowest BCUT2D eigenvalue weighted by atomic mass is 9.90. The minimum absolute atomic E-state index is 0.135. The first-order chi connectivity index (χ1) is 7.16. The van der Waals surface area contributed by atoms with E-state index < -0.39 is 6.09 Å². The van der Waals surface area contributed by atoms with Crippen LogP contribution in [0.5, 0.6) is 0 Å². The first-order valence-corrected chi connectivity index (χ1v) is 5.82. The van der Waals surface area contributed by atoms with Crippen LogP contribution in [0.15, 0.2) is 5.16 Å². The summed E-state index contributed by atoms with van der Waals surface area (Å²) in [6.07, 6.45) is 1.87. The summed E-state index contributed by atoms with van der Waals surface area (Å²) in [7, 11) is 0. The molecule has 1 amide bonds. The van der Waals surface area contributed by atoms with Crippen molar-refractivity contribution in [2.75, 3.05) is 13.1 Å². The van der Waals surface area contributed by atoms with Gasteiger partial charge in [0.2, 0.25) is 0 Å². The van der Waals surface area contributed by atoms with Crippen LogP contribution < -0.4 is 0 Å². The van der Waals surface area contributed by atoms with Crippen molar-refractivity contribution < 1.29 is 14.7 Å². The monoisotopic (exact) mass is 276 g/mol. The van der Waals surface area contributed by atoms with E-state index >= 15 is 0 Å². The van der Waals surface area contributed by atoms with Crippen LogP contribution >= 0.6 is 15.9 Å². The number of hydrogen-bond acceptors (Lipinski definition) is 3. The first-order valence-electron chi connectivity index (χ1n) is 5.03. The van der Waals surface area contributed by atoms with Crippen molar-refractivity contribution in [1.29, 1.82) is 0 Å². The molecule has 5 nitrogen and oxygen atoms in total. The number of carboxylic acid groups (broad SMARTS) is 1. The molecule has 84 valence electrons. The molecule has 1 unspecified atom stereocenters. The zero-order chi connectivity index (χ0) is 10.8. The van der Waals surface area contributed by atoms with Crippen molar-refractivity contribution in [1.82, 2.24) is 4.90 Å². The molecule has 0 spiro atoms. The van der Waals surface area contributed by atoms with Crippen molar-refractivity contribution >= 4 is 26.6 Å². The average molecular weight is 277 g/mol. The molecule has 1 saturated heterocycles. The van der Waals surface area contributed by atoms with Crippen LogP contribution in [0.4, 0.5) is 4.79 Å². The van der Waals surface area contributed by atoms with Gasteiger partial charge >= 0.3 is 6.09 Å². The van der Waals surface area contributed by atoms with Gasteiger partial charge in [0.1, 0.15) is 10.7 Å². The Bertz CT molecular complexity index is 287. The van der Waals surface area contributed by atoms with Crippen LogP contribution in [0.25, 0.3) is 0 Å². The van der Waals surface area contributed by atoms with Gasteiger partial charge in [-0.25, -0.2) is 4.79 Å². The smallest absolute Gasteiger partial charge is 0.407 e. The molecule has 2 heterocycles. The van der Waals surface area contributed by atoms with Gasteiger partial charge in [-0.2, -0.15) is 0 Å². The molecule has 2 aliphatic rings. The standard InChI is InChI=1S/C9H13BrN2O3/c10-8-5-7(15-11-8)6-1-3-12(4-2-6)9(13)14/h6-7H,1-5H2,(H,13,14). The Morgan fingerprint density at radius 2 is 2.20 bits per heavy atom. The minimum Gasteiger partial charge on any atom is -0.465 e. The number of piperidine rings is 1. The fraction of sp³-hybridized carbons (Fsp3) is 0.778. The van der Waals surface area contributed by atoms with Gasteiger partial charge in [-0.05, 0) is 28.8 Å². The molecular weight excluding hydrogens is 264 g/mol. The Morgan fingerprint density at radius 3 is 2.67 bits per heavy atom. The van der Waals surface area contributed by atoms with E-state index in [4.69, 9.17) is 9.94 Å². The predicted molar refractivity (Wildman–Crippen MR) is 58.2 cm³/mol. The summed E-state index contributed by atoms with van der Waals surface area (Å²) in [4.78, 5) is 17.4. The van der Waals surface area contributed by atoms with E-state index in [0.29, 0.717) is 19.0 Å². The maximum Gasteiger partial charge on any atom is 0.407 e. The van der Waals surface area contributed by atoms with Crippen molar-refractivity contribution in [2.45, 2.75) is 25.4 Å². The number of nitrogens with zero attached hydrogens (tertiary/aromatic N) is 2. The van der Waals surface area contributed by atoms with E-state index in [1.54, 1.807) is 0 Å². The lowest BCUT2D eigenvalue weighted by Crippen LogP contribution is -2.40. The Kier molecular flexibility index (Phi) is 3.14. The van der Waals surface area contributed by atoms with Crippen LogP contribution in [-0.2, 0) is 4.84 Å². The van der Waals surface area contributed by atoms with E-state index in [-0.39, 0.29) is 6.10 Å². The molecule has 2 aliphatic heterocycles. The van der Waals surface area contributed by atoms with Gasteiger partial charge in [0.25, 0.3) is 0 Å². The van der Waals surface area contributed by atoms with E-state index in [1.165, 1.54) is 4.90 Å². The lowest BCUT2D eigenvalue weighted by Gasteiger charge is -2.31. The van der Waals surface area contributed by atoms with Gasteiger partial charge in [0.05, 0.1) is 0 Å². The molecule has 0 aromatic carbocycles. The summed E-state index contributed by atoms with van der Waals surface area (Å²) < 4.78 is 0.855. The number of likely N-dealkylation sites (tertiary alicyclic amines) is 1. The van der Waals surface area contributed by atoms with E-state index in [9.17, 15) is 4.79 Å². The van der Waals surface area contributed by atoms with E-state index in [2.05, 4.69) is 21.1 Å². The highest BCUT2D eigenvalue weighted by Gasteiger charge is 2.32. The molecular formula is C9H13BrN2O3. The van der Waals surface area contributed by atoms with Crippen LogP contribution in [0.1, 0.15) is 19.3 Å². The average Bonchev–Trinajstić information content (AvgIpc) is 2.65. The van der Waals surface area contributed by atoms with Gasteiger partial charge < -0.3 is 14.8 Å². The fourth-order valence-corrected chi connectivity index (χ4v) is 2.48. The molecule has 1 N–H and O–H groups in total. The van der Waals surface area contributed by atoms with Crippen LogP contribution in [0.3, 0.4) is 0 Å². The van der Waals surface area contributed by atoms with Crippen molar-refractivity contribution in [3.05, 3.63) is 0 Å². The maximum absolute atomic E-state index is 10.7. The number of oxime groups is 1. The molecule has 1 fully saturated rings. The third kappa shape index (κ3) is 2.42. The van der Waals surface area contributed by atoms with Crippen molar-refractivity contribution in [3.8, 4) is 0 Å². The summed E-state index contributed by atoms with van der Waals surface area (Å²) in [6.45, 7) is 1.22. The second-order valence-corrected chi connectivity index (χ2v) is 4.84. The van der Waals surface area contributed by atoms with Crippen LogP contribution in [0, 0.1) is 5.92 Å². The largest absolute Gasteiger partial charge is 0.465 e. The first kappa shape index (κ1) is 10.7. The summed E-state index contributed by atoms with van der Waals surface area (Å²) in [5.41, 5.74) is 0. The van der Waals surface area contributed by atoms with Crippen molar-refractivity contribution in [2.24, 2.45) is 11.1 Å². The Hall–Kier alpha value is -0.780. The highest BCUT2D eigenvalue weighted by Crippen LogP contribution is 2.29. The summed E-state index contributed by atoms with van der Waals surface area (Å²) in [6, 6.07) is 0. The quantitative estimate of drug-likeness (QED) is 0.795. The Morgan fingerprint density at radius 1 is 1.53 bits per heavy atom. The topological polar surface area (TPSA) is 62.1 Å². The Labute approximate surface area is 96.2 Å². The number of amides is 1. The van der Waals surface area contributed by atoms with Gasteiger partial charge in [-0.1, -0.05) is 5.16 Å². The zero-order valence-corrected chi connectivity index (χ0v) is 9.81. The molecule has 0 aromatic heterocycles. The summed E-state index contributed by atoms with van der Waals surface area (Å²) in [5.74, 6) is 0.430. The zero-order valence-electron chi connectivity index (χ0n) is 8.23. The SMILES string of the molecule is O=C(O)N1CCC(C2CC(Br)=NO2)CC1. The summed E-state index contributed by atoms with van der Waals surface area (Å²) >= 11 is 3.30. The molecule has 2 rings (SSSR count). The maximum atomic E-state index is 10.7. The molecule has 0 aromatic rings. The number of rotatable bonds is 1. The molecule has 0 bridgehead atoms. The van der Waals surface area contributed by atoms with Gasteiger partial charge in [0.15, 0.2) is 0 Å². The second kappa shape index (κ2) is 4.38.